The minimum Gasteiger partial charge on any atom is -0.399 e. The number of aromatic nitrogens is 4. The molecule has 18 heavy (non-hydrogen) atoms. The second-order valence-corrected chi connectivity index (χ2v) is 5.96. The van der Waals surface area contributed by atoms with Crippen molar-refractivity contribution < 1.29 is 8.42 Å². The predicted molar refractivity (Wildman–Crippen MR) is 65.3 cm³/mol. The Morgan fingerprint density at radius 3 is 2.67 bits per heavy atom. The zero-order valence-electron chi connectivity index (χ0n) is 10.0. The van der Waals surface area contributed by atoms with Gasteiger partial charge in [0, 0.05) is 5.69 Å². The molecular weight excluding hydrogens is 254 g/mol. The van der Waals surface area contributed by atoms with Crippen LogP contribution in [0.4, 0.5) is 5.69 Å². The lowest BCUT2D eigenvalue weighted by Crippen LogP contribution is -2.07. The Bertz CT molecular complexity index is 677. The Morgan fingerprint density at radius 1 is 1.39 bits per heavy atom. The first-order valence-electron chi connectivity index (χ1n) is 5.20. The van der Waals surface area contributed by atoms with Gasteiger partial charge in [-0.2, -0.15) is 4.80 Å². The highest BCUT2D eigenvalue weighted by molar-refractivity contribution is 7.90. The number of nitrogen functional groups attached to an aromatic ring is 1. The first-order chi connectivity index (χ1) is 8.38. The van der Waals surface area contributed by atoms with E-state index >= 15 is 0 Å². The summed E-state index contributed by atoms with van der Waals surface area (Å²) in [5.74, 6) is -0.100. The minimum atomic E-state index is -3.47. The molecule has 2 aromatic rings. The van der Waals surface area contributed by atoms with E-state index in [9.17, 15) is 8.42 Å². The van der Waals surface area contributed by atoms with Crippen molar-refractivity contribution in [3.63, 3.8) is 0 Å². The highest BCUT2D eigenvalue weighted by Crippen LogP contribution is 2.19. The Kier molecular flexibility index (Phi) is 3.04. The van der Waals surface area contributed by atoms with E-state index in [0.29, 0.717) is 5.69 Å². The van der Waals surface area contributed by atoms with Gasteiger partial charge in [0.25, 0.3) is 0 Å². The van der Waals surface area contributed by atoms with Gasteiger partial charge in [-0.05, 0) is 35.9 Å². The number of sulfone groups is 1. The summed E-state index contributed by atoms with van der Waals surface area (Å²) in [6, 6.07) is 4.60. The van der Waals surface area contributed by atoms with Crippen LogP contribution in [0.2, 0.25) is 0 Å². The van der Waals surface area contributed by atoms with Crippen LogP contribution in [0.3, 0.4) is 0 Å². The Hall–Kier alpha value is -1.96. The summed E-state index contributed by atoms with van der Waals surface area (Å²) in [4.78, 5) is 1.43. The number of aryl methyl sites for hydroxylation is 2. The summed E-state index contributed by atoms with van der Waals surface area (Å²) < 4.78 is 24.2. The molecule has 0 saturated heterocycles. The normalized spacial score (nSPS) is 11.7. The predicted octanol–water partition coefficient (Wildman–Crippen LogP) is 0.0746. The minimum absolute atomic E-state index is 0.173. The van der Waals surface area contributed by atoms with Crippen LogP contribution in [0.25, 0.3) is 0 Å². The Labute approximate surface area is 105 Å². The van der Waals surface area contributed by atoms with Gasteiger partial charge >= 0.3 is 0 Å². The van der Waals surface area contributed by atoms with Crippen LogP contribution in [0, 0.1) is 6.92 Å². The van der Waals surface area contributed by atoms with Gasteiger partial charge in [0.2, 0.25) is 0 Å². The summed E-state index contributed by atoms with van der Waals surface area (Å²) in [5, 5.41) is 11.1. The third kappa shape index (κ3) is 2.48. The summed E-state index contributed by atoms with van der Waals surface area (Å²) in [6.45, 7) is 1.76. The fourth-order valence-electron chi connectivity index (χ4n) is 1.48. The van der Waals surface area contributed by atoms with Crippen LogP contribution in [0.1, 0.15) is 11.4 Å². The van der Waals surface area contributed by atoms with E-state index in [-0.39, 0.29) is 16.5 Å². The molecule has 0 fully saturated rings. The van der Waals surface area contributed by atoms with Crippen LogP contribution in [-0.4, -0.2) is 28.6 Å². The molecule has 0 unspecified atom stereocenters. The maximum absolute atomic E-state index is 12.1. The van der Waals surface area contributed by atoms with Gasteiger partial charge in [-0.25, -0.2) is 8.42 Å². The Morgan fingerprint density at radius 2 is 2.11 bits per heavy atom. The molecule has 1 heterocycles. The van der Waals surface area contributed by atoms with Crippen LogP contribution >= 0.6 is 0 Å². The molecule has 0 spiro atoms. The lowest BCUT2D eigenvalue weighted by Gasteiger charge is -2.05. The summed E-state index contributed by atoms with van der Waals surface area (Å²) in [5.41, 5.74) is 6.94. The summed E-state index contributed by atoms with van der Waals surface area (Å²) in [7, 11) is -1.89. The summed E-state index contributed by atoms with van der Waals surface area (Å²) >= 11 is 0. The van der Waals surface area contributed by atoms with E-state index in [1.807, 2.05) is 0 Å². The molecule has 1 aromatic heterocycles. The molecular formula is C10H13N5O2S. The fraction of sp³-hybridized carbons (Fsp3) is 0.300. The number of rotatable bonds is 3. The molecule has 8 heteroatoms. The van der Waals surface area contributed by atoms with Gasteiger partial charge in [-0.15, -0.1) is 10.2 Å². The monoisotopic (exact) mass is 267 g/mol. The van der Waals surface area contributed by atoms with E-state index in [4.69, 9.17) is 5.73 Å². The molecule has 7 nitrogen and oxygen atoms in total. The van der Waals surface area contributed by atoms with Gasteiger partial charge in [-0.1, -0.05) is 0 Å². The molecule has 96 valence electrons. The van der Waals surface area contributed by atoms with Crippen LogP contribution in [-0.2, 0) is 22.6 Å². The number of nitrogens with zero attached hydrogens (tertiary/aromatic N) is 4. The van der Waals surface area contributed by atoms with E-state index in [2.05, 4.69) is 15.4 Å². The number of benzene rings is 1. The SMILES string of the molecule is Cc1cc(S(=O)(=O)Cc2nnn(C)n2)ccc1N. The fourth-order valence-corrected chi connectivity index (χ4v) is 2.73. The van der Waals surface area contributed by atoms with Crippen LogP contribution in [0.15, 0.2) is 23.1 Å². The lowest BCUT2D eigenvalue weighted by atomic mass is 10.2. The van der Waals surface area contributed by atoms with Crippen molar-refractivity contribution in [3.8, 4) is 0 Å². The molecule has 0 atom stereocenters. The summed E-state index contributed by atoms with van der Waals surface area (Å²) in [6.07, 6.45) is 0. The van der Waals surface area contributed by atoms with E-state index in [0.717, 1.165) is 5.56 Å². The standard InChI is InChI=1S/C10H13N5O2S/c1-7-5-8(3-4-9(7)11)18(16,17)6-10-12-14-15(2)13-10/h3-5H,6,11H2,1-2H3. The van der Waals surface area contributed by atoms with E-state index in [1.165, 1.54) is 10.9 Å². The molecule has 2 N–H and O–H groups in total. The van der Waals surface area contributed by atoms with Crippen LogP contribution in [0.5, 0.6) is 0 Å². The largest absolute Gasteiger partial charge is 0.399 e. The van der Waals surface area contributed by atoms with Gasteiger partial charge in [0.1, 0.15) is 5.75 Å². The number of nitrogens with two attached hydrogens (primary N) is 1. The van der Waals surface area contributed by atoms with Crippen molar-refractivity contribution in [2.75, 3.05) is 5.73 Å². The molecule has 1 aromatic carbocycles. The molecule has 0 aliphatic rings. The molecule has 0 radical (unpaired) electrons. The van der Waals surface area contributed by atoms with Crippen molar-refractivity contribution in [1.82, 2.24) is 20.2 Å². The number of anilines is 1. The van der Waals surface area contributed by atoms with Crippen molar-refractivity contribution >= 4 is 15.5 Å². The average Bonchev–Trinajstić information content (AvgIpc) is 2.67. The maximum atomic E-state index is 12.1. The Balaban J connectivity index is 2.33. The maximum Gasteiger partial charge on any atom is 0.190 e. The molecule has 0 amide bonds. The quantitative estimate of drug-likeness (QED) is 0.789. The van der Waals surface area contributed by atoms with E-state index in [1.54, 1.807) is 26.1 Å². The van der Waals surface area contributed by atoms with Crippen molar-refractivity contribution in [3.05, 3.63) is 29.6 Å². The average molecular weight is 267 g/mol. The number of hydrogen-bond acceptors (Lipinski definition) is 6. The third-order valence-electron chi connectivity index (χ3n) is 2.47. The van der Waals surface area contributed by atoms with Crippen molar-refractivity contribution in [2.24, 2.45) is 7.05 Å². The zero-order chi connectivity index (χ0) is 13.3. The first kappa shape index (κ1) is 12.5. The zero-order valence-corrected chi connectivity index (χ0v) is 10.8. The van der Waals surface area contributed by atoms with E-state index < -0.39 is 9.84 Å². The van der Waals surface area contributed by atoms with Crippen molar-refractivity contribution in [2.45, 2.75) is 17.6 Å². The molecule has 0 aliphatic carbocycles. The van der Waals surface area contributed by atoms with Gasteiger partial charge in [0.15, 0.2) is 15.7 Å². The lowest BCUT2D eigenvalue weighted by molar-refractivity contribution is 0.593. The van der Waals surface area contributed by atoms with Gasteiger partial charge in [0.05, 0.1) is 11.9 Å². The van der Waals surface area contributed by atoms with Crippen LogP contribution < -0.4 is 5.73 Å². The first-order valence-corrected chi connectivity index (χ1v) is 6.85. The second-order valence-electron chi connectivity index (χ2n) is 3.97. The smallest absolute Gasteiger partial charge is 0.190 e. The number of tetrazole rings is 1. The topological polar surface area (TPSA) is 104 Å². The number of hydrogen-bond donors (Lipinski definition) is 1. The molecule has 0 saturated carbocycles. The highest BCUT2D eigenvalue weighted by Gasteiger charge is 2.18. The van der Waals surface area contributed by atoms with Gasteiger partial charge in [-0.3, -0.25) is 0 Å². The third-order valence-corrected chi connectivity index (χ3v) is 4.08. The molecule has 0 aliphatic heterocycles. The molecule has 2 rings (SSSR count). The van der Waals surface area contributed by atoms with Gasteiger partial charge < -0.3 is 5.73 Å². The second kappa shape index (κ2) is 4.37. The molecule has 0 bridgehead atoms. The van der Waals surface area contributed by atoms with Crippen molar-refractivity contribution in [1.29, 1.82) is 0 Å². The highest BCUT2D eigenvalue weighted by atomic mass is 32.2.